The van der Waals surface area contributed by atoms with E-state index >= 15 is 0 Å². The molecule has 1 aromatic rings. The molecule has 1 aromatic carbocycles. The van der Waals surface area contributed by atoms with E-state index in [2.05, 4.69) is 55.2 Å². The molecule has 0 bridgehead atoms. The summed E-state index contributed by atoms with van der Waals surface area (Å²) in [6.07, 6.45) is 3.62. The Bertz CT molecular complexity index is 343. The molecule has 1 aliphatic rings. The predicted octanol–water partition coefficient (Wildman–Crippen LogP) is 3.40. The Balaban J connectivity index is 0.000000354. The molecule has 21 heavy (non-hydrogen) atoms. The lowest BCUT2D eigenvalue weighted by Crippen LogP contribution is -2.23. The molecule has 120 valence electrons. The zero-order valence-electron chi connectivity index (χ0n) is 13.6. The molecule has 1 amide bonds. The first-order valence-corrected chi connectivity index (χ1v) is 8.90. The minimum absolute atomic E-state index is 0.188. The summed E-state index contributed by atoms with van der Waals surface area (Å²) in [5, 5.41) is 2.78. The molecule has 1 fully saturated rings. The van der Waals surface area contributed by atoms with Gasteiger partial charge in [-0.2, -0.15) is 11.8 Å². The Hall–Kier alpha value is -1.00. The van der Waals surface area contributed by atoms with Crippen molar-refractivity contribution in [3.8, 4) is 0 Å². The monoisotopic (exact) mass is 310 g/mol. The Labute approximate surface area is 134 Å². The minimum Gasteiger partial charge on any atom is -0.355 e. The molecule has 0 atom stereocenters. The number of amides is 1. The average molecular weight is 311 g/mol. The van der Waals surface area contributed by atoms with Gasteiger partial charge in [-0.1, -0.05) is 44.2 Å². The highest BCUT2D eigenvalue weighted by molar-refractivity contribution is 7.99. The molecule has 4 heteroatoms. The minimum atomic E-state index is 0.188. The average Bonchev–Trinajstić information content (AvgIpc) is 2.80. The summed E-state index contributed by atoms with van der Waals surface area (Å²) in [6.45, 7) is 5.37. The van der Waals surface area contributed by atoms with E-state index in [9.17, 15) is 4.79 Å². The van der Waals surface area contributed by atoms with Gasteiger partial charge in [0.2, 0.25) is 5.91 Å². The molecule has 0 radical (unpaired) electrons. The number of nitrogens with two attached hydrogens (primary N) is 1. The van der Waals surface area contributed by atoms with Crippen molar-refractivity contribution in [3.05, 3.63) is 35.9 Å². The van der Waals surface area contributed by atoms with Gasteiger partial charge in [0.1, 0.15) is 0 Å². The maximum Gasteiger partial charge on any atom is 0.229 e. The molecule has 1 saturated heterocycles. The van der Waals surface area contributed by atoms with Gasteiger partial charge in [0.15, 0.2) is 0 Å². The zero-order chi connectivity index (χ0) is 15.9. The Morgan fingerprint density at radius 1 is 1.19 bits per heavy atom. The predicted molar refractivity (Wildman–Crippen MR) is 94.8 cm³/mol. The Morgan fingerprint density at radius 2 is 1.81 bits per heavy atom. The van der Waals surface area contributed by atoms with Crippen LogP contribution in [0.1, 0.15) is 44.6 Å². The Morgan fingerprint density at radius 3 is 2.38 bits per heavy atom. The third-order valence-corrected chi connectivity index (χ3v) is 4.32. The van der Waals surface area contributed by atoms with Gasteiger partial charge < -0.3 is 11.1 Å². The maximum absolute atomic E-state index is 10.6. The summed E-state index contributed by atoms with van der Waals surface area (Å²) >= 11 is 1.71. The van der Waals surface area contributed by atoms with Crippen LogP contribution in [0.4, 0.5) is 0 Å². The maximum atomic E-state index is 10.6. The van der Waals surface area contributed by atoms with Gasteiger partial charge in [0, 0.05) is 6.54 Å². The Kier molecular flexibility index (Phi) is 13.3. The van der Waals surface area contributed by atoms with Crippen LogP contribution in [0.25, 0.3) is 0 Å². The van der Waals surface area contributed by atoms with Crippen molar-refractivity contribution in [2.75, 3.05) is 25.1 Å². The summed E-state index contributed by atoms with van der Waals surface area (Å²) in [7, 11) is 1.50. The zero-order valence-corrected chi connectivity index (χ0v) is 14.4. The molecular weight excluding hydrogens is 280 g/mol. The van der Waals surface area contributed by atoms with Crippen molar-refractivity contribution in [2.24, 2.45) is 5.73 Å². The number of hydrogen-bond acceptors (Lipinski definition) is 3. The number of hydrogen-bond donors (Lipinski definition) is 2. The first-order valence-electron chi connectivity index (χ1n) is 7.75. The number of rotatable bonds is 3. The van der Waals surface area contributed by atoms with Crippen molar-refractivity contribution in [1.29, 1.82) is 0 Å². The fourth-order valence-electron chi connectivity index (χ4n) is 2.10. The largest absolute Gasteiger partial charge is 0.355 e. The van der Waals surface area contributed by atoms with E-state index in [1.165, 1.54) is 25.5 Å². The normalized spacial score (nSPS) is 14.0. The number of nitrogens with one attached hydrogen (secondary N) is 1. The second-order valence-corrected chi connectivity index (χ2v) is 5.79. The number of carbonyl (C=O) groups is 1. The molecule has 3 nitrogen and oxygen atoms in total. The van der Waals surface area contributed by atoms with E-state index in [0.717, 1.165) is 24.6 Å². The second kappa shape index (κ2) is 14.0. The van der Waals surface area contributed by atoms with Crippen LogP contribution >= 0.6 is 11.8 Å². The van der Waals surface area contributed by atoms with E-state index in [-0.39, 0.29) is 5.91 Å². The molecule has 1 heterocycles. The van der Waals surface area contributed by atoms with Gasteiger partial charge in [0.05, 0.1) is 5.75 Å². The molecular formula is C17H30N2OS. The fraction of sp³-hybridized carbons (Fsp3) is 0.588. The highest BCUT2D eigenvalue weighted by Gasteiger charge is 2.04. The fourth-order valence-corrected chi connectivity index (χ4v) is 2.88. The van der Waals surface area contributed by atoms with E-state index in [1.54, 1.807) is 11.8 Å². The van der Waals surface area contributed by atoms with Gasteiger partial charge in [0.25, 0.3) is 0 Å². The lowest BCUT2D eigenvalue weighted by molar-refractivity contribution is -0.118. The quantitative estimate of drug-likeness (QED) is 0.899. The van der Waals surface area contributed by atoms with Crippen LogP contribution in [0.15, 0.2) is 30.3 Å². The lowest BCUT2D eigenvalue weighted by Gasteiger charge is -2.11. The van der Waals surface area contributed by atoms with Gasteiger partial charge in [-0.25, -0.2) is 0 Å². The number of carbonyl (C=O) groups excluding carboxylic acids is 1. The lowest BCUT2D eigenvalue weighted by atomic mass is 9.94. The number of benzene rings is 1. The van der Waals surface area contributed by atoms with E-state index in [4.69, 9.17) is 0 Å². The van der Waals surface area contributed by atoms with Crippen LogP contribution < -0.4 is 11.1 Å². The van der Waals surface area contributed by atoms with Gasteiger partial charge in [-0.15, -0.1) is 0 Å². The molecule has 0 unspecified atom stereocenters. The van der Waals surface area contributed by atoms with Crippen molar-refractivity contribution in [2.45, 2.75) is 39.0 Å². The summed E-state index contributed by atoms with van der Waals surface area (Å²) in [6, 6.07) is 10.8. The van der Waals surface area contributed by atoms with Gasteiger partial charge >= 0.3 is 0 Å². The van der Waals surface area contributed by atoms with Crippen LogP contribution in [0.3, 0.4) is 0 Å². The van der Waals surface area contributed by atoms with Crippen LogP contribution in [0, 0.1) is 0 Å². The van der Waals surface area contributed by atoms with Crippen molar-refractivity contribution in [3.63, 3.8) is 0 Å². The highest BCUT2D eigenvalue weighted by atomic mass is 32.2. The van der Waals surface area contributed by atoms with Crippen LogP contribution in [-0.2, 0) is 4.79 Å². The summed E-state index contributed by atoms with van der Waals surface area (Å²) < 4.78 is 0. The summed E-state index contributed by atoms with van der Waals surface area (Å²) in [4.78, 5) is 10.6. The van der Waals surface area contributed by atoms with E-state index in [1.807, 2.05) is 0 Å². The second-order valence-electron chi connectivity index (χ2n) is 4.68. The molecule has 1 aliphatic heterocycles. The highest BCUT2D eigenvalue weighted by Crippen LogP contribution is 2.21. The smallest absolute Gasteiger partial charge is 0.229 e. The molecule has 0 saturated carbocycles. The molecule has 2 rings (SSSR count). The van der Waals surface area contributed by atoms with E-state index in [0.29, 0.717) is 5.75 Å². The summed E-state index contributed by atoms with van der Waals surface area (Å²) in [5.41, 5.74) is 5.98. The van der Waals surface area contributed by atoms with Crippen LogP contribution in [0.2, 0.25) is 0 Å². The first-order chi connectivity index (χ1) is 10.3. The van der Waals surface area contributed by atoms with Crippen LogP contribution in [-0.4, -0.2) is 31.0 Å². The third kappa shape index (κ3) is 9.53. The first kappa shape index (κ1) is 20.0. The SMILES string of the molecule is CCC(CC)c1ccccc1.CN.O=C1CSCCCN1. The van der Waals surface area contributed by atoms with Crippen molar-refractivity contribution < 1.29 is 4.79 Å². The third-order valence-electron chi connectivity index (χ3n) is 3.28. The number of thioether (sulfide) groups is 1. The molecule has 3 N–H and O–H groups in total. The van der Waals surface area contributed by atoms with Crippen LogP contribution in [0.5, 0.6) is 0 Å². The van der Waals surface area contributed by atoms with Crippen molar-refractivity contribution >= 4 is 17.7 Å². The van der Waals surface area contributed by atoms with Crippen molar-refractivity contribution in [1.82, 2.24) is 5.32 Å². The topological polar surface area (TPSA) is 55.1 Å². The summed E-state index contributed by atoms with van der Waals surface area (Å²) in [5.74, 6) is 2.72. The van der Waals surface area contributed by atoms with E-state index < -0.39 is 0 Å². The van der Waals surface area contributed by atoms with Gasteiger partial charge in [-0.05, 0) is 43.5 Å². The molecule has 0 aromatic heterocycles. The molecule has 0 spiro atoms. The standard InChI is InChI=1S/C11H16.C5H9NOS.CH5N/c1-3-10(4-2)11-8-6-5-7-9-11;7-5-4-8-3-1-2-6-5;1-2/h5-10H,3-4H2,1-2H3;1-4H2,(H,6,7);2H2,1H3. The van der Waals surface area contributed by atoms with Gasteiger partial charge in [-0.3, -0.25) is 4.79 Å². The molecule has 0 aliphatic carbocycles.